The molecule has 0 bridgehead atoms. The van der Waals surface area contributed by atoms with Crippen molar-refractivity contribution < 1.29 is 0 Å². The number of hydrogen-bond donors (Lipinski definition) is 0. The molecule has 0 unspecified atom stereocenters. The first-order valence-corrected chi connectivity index (χ1v) is 17.5. The van der Waals surface area contributed by atoms with E-state index >= 15 is 0 Å². The predicted molar refractivity (Wildman–Crippen MR) is 216 cm³/mol. The molecule has 0 aliphatic rings. The van der Waals surface area contributed by atoms with Gasteiger partial charge in [-0.2, -0.15) is 5.26 Å². The Morgan fingerprint density at radius 1 is 0.365 bits per heavy atom. The first kappa shape index (κ1) is 29.7. The molecule has 0 N–H and O–H groups in total. The van der Waals surface area contributed by atoms with E-state index in [9.17, 15) is 0 Å². The average Bonchev–Trinajstić information content (AvgIpc) is 3.22. The van der Waals surface area contributed by atoms with Crippen LogP contribution in [0, 0.1) is 11.3 Å². The Morgan fingerprint density at radius 2 is 0.904 bits per heavy atom. The van der Waals surface area contributed by atoms with Crippen molar-refractivity contribution in [2.75, 3.05) is 0 Å². The molecule has 0 spiro atoms. The third kappa shape index (κ3) is 4.89. The lowest BCUT2D eigenvalue weighted by Gasteiger charge is -2.14. The molecule has 0 saturated carbocycles. The minimum absolute atomic E-state index is 0.668. The summed E-state index contributed by atoms with van der Waals surface area (Å²) in [6, 6.07) is 62.2. The predicted octanol–water partition coefficient (Wildman–Crippen LogP) is 12.8. The van der Waals surface area contributed by atoms with Crippen LogP contribution in [-0.4, -0.2) is 9.97 Å². The molecule has 0 saturated heterocycles. The molecule has 3 nitrogen and oxygen atoms in total. The van der Waals surface area contributed by atoms with Crippen LogP contribution >= 0.6 is 0 Å². The van der Waals surface area contributed by atoms with Gasteiger partial charge in [0.2, 0.25) is 0 Å². The number of nitrogens with zero attached hydrogens (tertiary/aromatic N) is 3. The molecule has 2 aromatic heterocycles. The second-order valence-corrected chi connectivity index (χ2v) is 13.3. The fourth-order valence-corrected chi connectivity index (χ4v) is 7.72. The number of hydrogen-bond acceptors (Lipinski definition) is 3. The van der Waals surface area contributed by atoms with Gasteiger partial charge in [0.15, 0.2) is 0 Å². The largest absolute Gasteiger partial charge is 0.254 e. The van der Waals surface area contributed by atoms with Crippen molar-refractivity contribution in [3.05, 3.63) is 182 Å². The summed E-state index contributed by atoms with van der Waals surface area (Å²) in [5.41, 5.74) is 12.8. The lowest BCUT2D eigenvalue weighted by molar-refractivity contribution is 1.40. The van der Waals surface area contributed by atoms with Gasteiger partial charge in [-0.25, -0.2) is 4.98 Å². The van der Waals surface area contributed by atoms with E-state index < -0.39 is 0 Å². The zero-order valence-electron chi connectivity index (χ0n) is 28.1. The molecule has 0 radical (unpaired) electrons. The SMILES string of the molecule is N#Cc1ccc(-c2ccc(-c3ccc(-c4ccc(-c5cc6cc7ccc8ccccc8c7nc6c6ncccc56)cc4)c4ccccc34)cc2)cc1. The summed E-state index contributed by atoms with van der Waals surface area (Å²) < 4.78 is 0. The van der Waals surface area contributed by atoms with Gasteiger partial charge in [-0.05, 0) is 91.0 Å². The molecule has 10 aromatic rings. The van der Waals surface area contributed by atoms with Crippen LogP contribution in [0.3, 0.4) is 0 Å². The maximum atomic E-state index is 9.16. The van der Waals surface area contributed by atoms with Crippen LogP contribution in [0.4, 0.5) is 0 Å². The van der Waals surface area contributed by atoms with Crippen LogP contribution in [0.5, 0.6) is 0 Å². The van der Waals surface area contributed by atoms with Crippen LogP contribution in [-0.2, 0) is 0 Å². The summed E-state index contributed by atoms with van der Waals surface area (Å²) in [6.07, 6.45) is 1.86. The number of fused-ring (bicyclic) bond motifs is 7. The first-order valence-electron chi connectivity index (χ1n) is 17.5. The second kappa shape index (κ2) is 12.0. The number of nitriles is 1. The number of rotatable bonds is 4. The molecular formula is C49H29N3. The molecule has 240 valence electrons. The zero-order valence-corrected chi connectivity index (χ0v) is 28.1. The monoisotopic (exact) mass is 659 g/mol. The van der Waals surface area contributed by atoms with Crippen molar-refractivity contribution in [3.8, 4) is 50.6 Å². The summed E-state index contributed by atoms with van der Waals surface area (Å²) in [5, 5.41) is 17.2. The lowest BCUT2D eigenvalue weighted by Crippen LogP contribution is -1.91. The fourth-order valence-electron chi connectivity index (χ4n) is 7.72. The Hall–Kier alpha value is -7.15. The van der Waals surface area contributed by atoms with E-state index in [1.165, 1.54) is 38.4 Å². The van der Waals surface area contributed by atoms with Gasteiger partial charge in [0.05, 0.1) is 28.2 Å². The Kier molecular flexibility index (Phi) is 6.87. The highest BCUT2D eigenvalue weighted by Crippen LogP contribution is 2.39. The van der Waals surface area contributed by atoms with Crippen LogP contribution < -0.4 is 0 Å². The van der Waals surface area contributed by atoms with E-state index in [1.807, 2.05) is 36.5 Å². The number of benzene rings is 8. The molecular weight excluding hydrogens is 631 g/mol. The second-order valence-electron chi connectivity index (χ2n) is 13.3. The third-order valence-corrected chi connectivity index (χ3v) is 10.3. The Balaban J connectivity index is 1.03. The Labute approximate surface area is 300 Å². The van der Waals surface area contributed by atoms with E-state index in [0.717, 1.165) is 60.3 Å². The topological polar surface area (TPSA) is 49.6 Å². The highest BCUT2D eigenvalue weighted by molar-refractivity contribution is 6.15. The van der Waals surface area contributed by atoms with Crippen LogP contribution in [0.1, 0.15) is 5.56 Å². The molecule has 3 heteroatoms. The highest BCUT2D eigenvalue weighted by atomic mass is 14.7. The molecule has 8 aromatic carbocycles. The summed E-state index contributed by atoms with van der Waals surface area (Å²) in [4.78, 5) is 10.1. The molecule has 0 amide bonds. The third-order valence-electron chi connectivity index (χ3n) is 10.3. The molecule has 2 heterocycles. The number of pyridine rings is 2. The summed E-state index contributed by atoms with van der Waals surface area (Å²) >= 11 is 0. The van der Waals surface area contributed by atoms with Gasteiger partial charge >= 0.3 is 0 Å². The lowest BCUT2D eigenvalue weighted by atomic mass is 9.90. The van der Waals surface area contributed by atoms with E-state index in [-0.39, 0.29) is 0 Å². The van der Waals surface area contributed by atoms with Crippen molar-refractivity contribution in [2.45, 2.75) is 0 Å². The van der Waals surface area contributed by atoms with Gasteiger partial charge in [-0.15, -0.1) is 0 Å². The Bertz CT molecular complexity index is 3050. The van der Waals surface area contributed by atoms with E-state index in [1.54, 1.807) is 0 Å². The quantitative estimate of drug-likeness (QED) is 0.140. The maximum Gasteiger partial charge on any atom is 0.0991 e. The molecule has 52 heavy (non-hydrogen) atoms. The van der Waals surface area contributed by atoms with E-state index in [2.05, 4.69) is 146 Å². The van der Waals surface area contributed by atoms with Gasteiger partial charge in [-0.3, -0.25) is 4.98 Å². The summed E-state index contributed by atoms with van der Waals surface area (Å²) in [6.45, 7) is 0. The molecule has 0 fully saturated rings. The highest BCUT2D eigenvalue weighted by Gasteiger charge is 2.15. The molecule has 0 aliphatic heterocycles. The first-order chi connectivity index (χ1) is 25.7. The van der Waals surface area contributed by atoms with Crippen molar-refractivity contribution >= 4 is 54.3 Å². The fraction of sp³-hybridized carbons (Fsp3) is 0. The van der Waals surface area contributed by atoms with Crippen LogP contribution in [0.2, 0.25) is 0 Å². The minimum Gasteiger partial charge on any atom is -0.254 e. The van der Waals surface area contributed by atoms with Gasteiger partial charge in [-0.1, -0.05) is 140 Å². The Morgan fingerprint density at radius 3 is 1.56 bits per heavy atom. The zero-order chi connectivity index (χ0) is 34.6. The summed E-state index contributed by atoms with van der Waals surface area (Å²) in [5.74, 6) is 0. The van der Waals surface area contributed by atoms with Crippen LogP contribution in [0.25, 0.3) is 98.8 Å². The molecule has 10 rings (SSSR count). The van der Waals surface area contributed by atoms with Gasteiger partial charge < -0.3 is 0 Å². The van der Waals surface area contributed by atoms with Crippen molar-refractivity contribution in [1.82, 2.24) is 9.97 Å². The van der Waals surface area contributed by atoms with Gasteiger partial charge in [0, 0.05) is 27.7 Å². The smallest absolute Gasteiger partial charge is 0.0991 e. The van der Waals surface area contributed by atoms with Crippen molar-refractivity contribution in [1.29, 1.82) is 5.26 Å². The minimum atomic E-state index is 0.668. The standard InChI is InChI=1S/C49H29N3/c50-30-31-11-13-32(14-12-31)33-15-17-35(18-16-33)40-25-26-41(44-9-4-3-8-43(40)44)36-19-21-37(22-20-36)46-29-39-28-38-24-23-34-6-1-2-7-42(34)47(38)52-48(39)49-45(46)10-5-27-51-49/h1-29H. The van der Waals surface area contributed by atoms with Gasteiger partial charge in [0.1, 0.15) is 0 Å². The van der Waals surface area contributed by atoms with Crippen molar-refractivity contribution in [3.63, 3.8) is 0 Å². The van der Waals surface area contributed by atoms with Crippen molar-refractivity contribution in [2.24, 2.45) is 0 Å². The maximum absolute atomic E-state index is 9.16. The van der Waals surface area contributed by atoms with Crippen LogP contribution in [0.15, 0.2) is 176 Å². The molecule has 0 aliphatic carbocycles. The summed E-state index contributed by atoms with van der Waals surface area (Å²) in [7, 11) is 0. The normalized spacial score (nSPS) is 11.4. The van der Waals surface area contributed by atoms with E-state index in [0.29, 0.717) is 5.56 Å². The average molecular weight is 660 g/mol. The van der Waals surface area contributed by atoms with Gasteiger partial charge in [0.25, 0.3) is 0 Å². The number of aromatic nitrogens is 2. The van der Waals surface area contributed by atoms with E-state index in [4.69, 9.17) is 15.2 Å². The molecule has 0 atom stereocenters.